The predicted molar refractivity (Wildman–Crippen MR) is 116 cm³/mol. The highest BCUT2D eigenvalue weighted by atomic mass is 32.1. The van der Waals surface area contributed by atoms with Crippen molar-refractivity contribution in [2.24, 2.45) is 0 Å². The lowest BCUT2D eigenvalue weighted by Gasteiger charge is -2.29. The maximum atomic E-state index is 12.6. The summed E-state index contributed by atoms with van der Waals surface area (Å²) in [5, 5.41) is 7.41. The van der Waals surface area contributed by atoms with Crippen LogP contribution < -0.4 is 19.9 Å². The topological polar surface area (TPSA) is 47.2 Å². The SMILES string of the molecule is O=C(C[NH+]1CC[NH+](Cc2ccsc2)CC1)Nc1ccccc1Oc1ccccc1. The number of hydrogen-bond donors (Lipinski definition) is 3. The highest BCUT2D eigenvalue weighted by molar-refractivity contribution is 7.07. The molecule has 1 amide bonds. The maximum absolute atomic E-state index is 12.6. The number of benzene rings is 2. The van der Waals surface area contributed by atoms with Crippen molar-refractivity contribution in [3.63, 3.8) is 0 Å². The lowest BCUT2D eigenvalue weighted by atomic mass is 10.2. The van der Waals surface area contributed by atoms with Crippen molar-refractivity contribution < 1.29 is 19.3 Å². The van der Waals surface area contributed by atoms with E-state index < -0.39 is 0 Å². The Bertz CT molecular complexity index is 907. The minimum absolute atomic E-state index is 0.0328. The number of para-hydroxylation sites is 3. The molecule has 0 unspecified atom stereocenters. The summed E-state index contributed by atoms with van der Waals surface area (Å²) in [5.74, 6) is 1.45. The van der Waals surface area contributed by atoms with Crippen molar-refractivity contribution in [1.29, 1.82) is 0 Å². The number of thiophene rings is 1. The van der Waals surface area contributed by atoms with Gasteiger partial charge in [0.25, 0.3) is 5.91 Å². The third kappa shape index (κ3) is 5.67. The van der Waals surface area contributed by atoms with Gasteiger partial charge >= 0.3 is 0 Å². The molecule has 3 aromatic rings. The fourth-order valence-corrected chi connectivity index (χ4v) is 4.36. The molecule has 3 N–H and O–H groups in total. The van der Waals surface area contributed by atoms with Gasteiger partial charge in [0.2, 0.25) is 0 Å². The third-order valence-corrected chi connectivity index (χ3v) is 5.97. The second-order valence-corrected chi connectivity index (χ2v) is 8.22. The van der Waals surface area contributed by atoms with Crippen LogP contribution in [0.5, 0.6) is 11.5 Å². The highest BCUT2D eigenvalue weighted by Gasteiger charge is 2.25. The Morgan fingerprint density at radius 3 is 2.41 bits per heavy atom. The van der Waals surface area contributed by atoms with Crippen molar-refractivity contribution >= 4 is 22.9 Å². The summed E-state index contributed by atoms with van der Waals surface area (Å²) in [5.41, 5.74) is 2.13. The van der Waals surface area contributed by atoms with Crippen molar-refractivity contribution in [3.05, 3.63) is 77.0 Å². The van der Waals surface area contributed by atoms with E-state index >= 15 is 0 Å². The normalized spacial score (nSPS) is 18.9. The maximum Gasteiger partial charge on any atom is 0.279 e. The van der Waals surface area contributed by atoms with Gasteiger partial charge in [0.1, 0.15) is 38.5 Å². The first kappa shape index (κ1) is 19.6. The lowest BCUT2D eigenvalue weighted by Crippen LogP contribution is -3.28. The fraction of sp³-hybridized carbons (Fsp3) is 0.261. The molecule has 1 aromatic heterocycles. The molecular formula is C23H27N3O2S+2. The van der Waals surface area contributed by atoms with E-state index in [1.54, 1.807) is 16.2 Å². The average Bonchev–Trinajstić information content (AvgIpc) is 3.25. The smallest absolute Gasteiger partial charge is 0.279 e. The Balaban J connectivity index is 1.28. The van der Waals surface area contributed by atoms with Crippen molar-refractivity contribution in [3.8, 4) is 11.5 Å². The Hall–Kier alpha value is -2.67. The van der Waals surface area contributed by atoms with Crippen LogP contribution in [0.3, 0.4) is 0 Å². The third-order valence-electron chi connectivity index (χ3n) is 5.24. The predicted octanol–water partition coefficient (Wildman–Crippen LogP) is 1.46. The van der Waals surface area contributed by atoms with Gasteiger partial charge in [0, 0.05) is 5.56 Å². The summed E-state index contributed by atoms with van der Waals surface area (Å²) in [6, 6.07) is 19.4. The van der Waals surface area contributed by atoms with E-state index in [4.69, 9.17) is 4.74 Å². The van der Waals surface area contributed by atoms with Gasteiger partial charge in [-0.3, -0.25) is 4.79 Å². The number of piperazine rings is 1. The highest BCUT2D eigenvalue weighted by Crippen LogP contribution is 2.28. The van der Waals surface area contributed by atoms with Gasteiger partial charge in [-0.2, -0.15) is 11.3 Å². The molecule has 0 bridgehead atoms. The number of rotatable bonds is 7. The number of hydrogen-bond acceptors (Lipinski definition) is 3. The second-order valence-electron chi connectivity index (χ2n) is 7.44. The molecule has 0 radical (unpaired) electrons. The van der Waals surface area contributed by atoms with Crippen molar-refractivity contribution in [2.45, 2.75) is 6.54 Å². The number of nitrogens with one attached hydrogen (secondary N) is 3. The zero-order valence-corrected chi connectivity index (χ0v) is 17.2. The first-order chi connectivity index (χ1) is 14.3. The quantitative estimate of drug-likeness (QED) is 0.553. The standard InChI is InChI=1S/C23H25N3O2S/c27-23(17-26-13-11-25(12-14-26)16-19-10-15-29-18-19)24-21-8-4-5-9-22(21)28-20-6-2-1-3-7-20/h1-10,15,18H,11-14,16-17H2,(H,24,27)/p+2. The molecule has 1 saturated heterocycles. The van der Waals surface area contributed by atoms with Crippen molar-refractivity contribution in [2.75, 3.05) is 38.0 Å². The Morgan fingerprint density at radius 2 is 1.66 bits per heavy atom. The first-order valence-electron chi connectivity index (χ1n) is 10.1. The Morgan fingerprint density at radius 1 is 0.931 bits per heavy atom. The van der Waals surface area contributed by atoms with E-state index in [9.17, 15) is 4.79 Å². The molecule has 1 aliphatic rings. The molecular weight excluding hydrogens is 382 g/mol. The number of carbonyl (C=O) groups is 1. The van der Waals surface area contributed by atoms with E-state index in [2.05, 4.69) is 22.1 Å². The van der Waals surface area contributed by atoms with Crippen LogP contribution in [0, 0.1) is 0 Å². The van der Waals surface area contributed by atoms with Gasteiger partial charge in [0.15, 0.2) is 12.3 Å². The molecule has 1 aliphatic heterocycles. The fourth-order valence-electron chi connectivity index (χ4n) is 3.69. The number of carbonyl (C=O) groups excluding carboxylic acids is 1. The van der Waals surface area contributed by atoms with Crippen molar-refractivity contribution in [1.82, 2.24) is 0 Å². The number of amides is 1. The molecule has 0 spiro atoms. The molecule has 150 valence electrons. The lowest BCUT2D eigenvalue weighted by molar-refractivity contribution is -1.02. The van der Waals surface area contributed by atoms with E-state index in [0.717, 1.165) is 38.5 Å². The molecule has 1 fully saturated rings. The van der Waals surface area contributed by atoms with Gasteiger partial charge in [-0.1, -0.05) is 30.3 Å². The van der Waals surface area contributed by atoms with E-state index in [-0.39, 0.29) is 5.91 Å². The number of quaternary nitrogens is 2. The summed E-state index contributed by atoms with van der Waals surface area (Å²) in [4.78, 5) is 15.6. The van der Waals surface area contributed by atoms with Crippen LogP contribution in [-0.2, 0) is 11.3 Å². The summed E-state index contributed by atoms with van der Waals surface area (Å²) in [7, 11) is 0. The second kappa shape index (κ2) is 9.69. The molecule has 6 heteroatoms. The summed E-state index contributed by atoms with van der Waals surface area (Å²) in [6.45, 7) is 5.83. The minimum Gasteiger partial charge on any atom is -0.455 e. The number of anilines is 1. The van der Waals surface area contributed by atoms with Gasteiger partial charge < -0.3 is 19.9 Å². The van der Waals surface area contributed by atoms with Gasteiger partial charge in [-0.05, 0) is 41.1 Å². The number of ether oxygens (including phenoxy) is 1. The van der Waals surface area contributed by atoms with Crippen LogP contribution in [0.2, 0.25) is 0 Å². The van der Waals surface area contributed by atoms with E-state index in [1.165, 1.54) is 10.5 Å². The molecule has 2 aromatic carbocycles. The molecule has 5 nitrogen and oxygen atoms in total. The minimum atomic E-state index is 0.0328. The van der Waals surface area contributed by atoms with Crippen LogP contribution in [0.4, 0.5) is 5.69 Å². The van der Waals surface area contributed by atoms with E-state index in [0.29, 0.717) is 18.0 Å². The summed E-state index contributed by atoms with van der Waals surface area (Å²) < 4.78 is 5.94. The van der Waals surface area contributed by atoms with Crippen LogP contribution in [0.1, 0.15) is 5.56 Å². The molecule has 0 aliphatic carbocycles. The monoisotopic (exact) mass is 409 g/mol. The summed E-state index contributed by atoms with van der Waals surface area (Å²) >= 11 is 1.76. The van der Waals surface area contributed by atoms with Gasteiger partial charge in [-0.25, -0.2) is 0 Å². The molecule has 0 saturated carbocycles. The van der Waals surface area contributed by atoms with Crippen LogP contribution in [0.25, 0.3) is 0 Å². The van der Waals surface area contributed by atoms with Gasteiger partial charge in [-0.15, -0.1) is 0 Å². The molecule has 2 heterocycles. The zero-order valence-electron chi connectivity index (χ0n) is 16.4. The van der Waals surface area contributed by atoms with Crippen LogP contribution in [-0.4, -0.2) is 38.6 Å². The average molecular weight is 410 g/mol. The van der Waals surface area contributed by atoms with Crippen LogP contribution in [0.15, 0.2) is 71.4 Å². The van der Waals surface area contributed by atoms with Gasteiger partial charge in [0.05, 0.1) is 5.69 Å². The Labute approximate surface area is 175 Å². The molecule has 0 atom stereocenters. The molecule has 4 rings (SSSR count). The zero-order chi connectivity index (χ0) is 19.9. The first-order valence-corrected chi connectivity index (χ1v) is 11.0. The summed E-state index contributed by atoms with van der Waals surface area (Å²) in [6.07, 6.45) is 0. The van der Waals surface area contributed by atoms with E-state index in [1.807, 2.05) is 54.6 Å². The largest absolute Gasteiger partial charge is 0.455 e. The van der Waals surface area contributed by atoms with Crippen LogP contribution >= 0.6 is 11.3 Å². The molecule has 29 heavy (non-hydrogen) atoms. The Kier molecular flexibility index (Phi) is 6.56.